The number of hydrogen-bond donors (Lipinski definition) is 14. The maximum atomic E-state index is 14.1. The van der Waals surface area contributed by atoms with Crippen molar-refractivity contribution in [2.45, 2.75) is 149 Å². The lowest BCUT2D eigenvalue weighted by Crippen LogP contribution is -2.67. The molecule has 14 N–H and O–H groups in total. The van der Waals surface area contributed by atoms with Crippen molar-refractivity contribution >= 4 is 11.6 Å². The number of nitrogens with one attached hydrogen (secondary N) is 1. The molecular formula is C37H54FNO22. The first-order chi connectivity index (χ1) is 29.1. The second-order valence-electron chi connectivity index (χ2n) is 14.8. The van der Waals surface area contributed by atoms with Crippen LogP contribution in [0.4, 0.5) is 10.1 Å². The Hall–Kier alpha value is -2.82. The molecule has 5 rings (SSSR count). The molecule has 23 nitrogen and oxygen atoms in total. The van der Waals surface area contributed by atoms with Crippen LogP contribution in [0.3, 0.4) is 0 Å². The maximum absolute atomic E-state index is 14.1. The lowest BCUT2D eigenvalue weighted by Gasteiger charge is -2.49. The van der Waals surface area contributed by atoms with Gasteiger partial charge in [-0.3, -0.25) is 4.79 Å². The van der Waals surface area contributed by atoms with Crippen LogP contribution in [0.5, 0.6) is 5.75 Å². The summed E-state index contributed by atoms with van der Waals surface area (Å²) in [5.74, 6) is 1.91. The Morgan fingerprint density at radius 1 is 0.623 bits per heavy atom. The molecule has 24 heteroatoms. The third-order valence-electron chi connectivity index (χ3n) is 10.6. The first kappa shape index (κ1) is 49.2. The molecule has 1 aromatic rings. The second-order valence-corrected chi connectivity index (χ2v) is 14.8. The molecule has 0 saturated carbocycles. The topological polar surface area (TPSA) is 366 Å². The number of rotatable bonds is 17. The van der Waals surface area contributed by atoms with E-state index in [1.54, 1.807) is 0 Å². The lowest BCUT2D eigenvalue weighted by atomic mass is 9.95. The van der Waals surface area contributed by atoms with E-state index in [4.69, 9.17) is 44.3 Å². The van der Waals surface area contributed by atoms with E-state index in [0.29, 0.717) is 12.8 Å². The molecule has 0 bridgehead atoms. The van der Waals surface area contributed by atoms with Crippen molar-refractivity contribution in [1.82, 2.24) is 0 Å². The number of benzene rings is 1. The van der Waals surface area contributed by atoms with Crippen molar-refractivity contribution in [3.63, 3.8) is 0 Å². The maximum Gasteiger partial charge on any atom is 0.229 e. The molecule has 0 spiro atoms. The fraction of sp³-hybridized carbons (Fsp3) is 0.757. The van der Waals surface area contributed by atoms with E-state index < -0.39 is 156 Å². The largest absolute Gasteiger partial charge is 0.462 e. The van der Waals surface area contributed by atoms with Gasteiger partial charge in [0, 0.05) is 24.1 Å². The number of aliphatic hydroxyl groups is 13. The van der Waals surface area contributed by atoms with Crippen molar-refractivity contribution in [3.05, 3.63) is 23.8 Å². The van der Waals surface area contributed by atoms with Crippen LogP contribution in [0.15, 0.2) is 18.2 Å². The van der Waals surface area contributed by atoms with E-state index in [2.05, 4.69) is 11.2 Å². The Morgan fingerprint density at radius 2 is 1.05 bits per heavy atom. The van der Waals surface area contributed by atoms with Gasteiger partial charge in [0.1, 0.15) is 110 Å². The molecule has 346 valence electrons. The SMILES string of the molecule is C#CCCCC(=O)Nc1ccc(O[C@@H]2OC(CO)[C@@H](O[C@H]3OC(CO)[C@@H](O[C@H]4OC(CO)[C@@H](O[C@H]5OC(CO)[C@@H](O)C(O)C5O)C(O)C4O)C(O)C3O)C(O)C2O)c(CF)c1. The number of unbranched alkanes of at least 4 members (excludes halogenated alkanes) is 1. The number of amides is 1. The number of halogens is 1. The predicted octanol–water partition coefficient (Wildman–Crippen LogP) is -6.45. The fourth-order valence-electron chi connectivity index (χ4n) is 7.20. The summed E-state index contributed by atoms with van der Waals surface area (Å²) in [6, 6.07) is 3.96. The number of aliphatic hydroxyl groups excluding tert-OH is 13. The zero-order chi connectivity index (χ0) is 44.7. The van der Waals surface area contributed by atoms with Gasteiger partial charge in [0.25, 0.3) is 0 Å². The standard InChI is InChI=1S/C37H54FNO22/c1-2-3-4-5-21(44)39-15-6-7-16(14(8-15)9-38)54-34-28(51)24(47)31(18(11-41)56-34)60-36-30(53)26(49)33(20(13-43)58-36)61-37-29(52)25(48)32(19(12-42)57-37)59-35-27(50)23(46)22(45)17(10-40)55-35/h1,6-8,17-20,22-37,40-43,45-53H,3-5,9-13H2,(H,39,44)/t17?,18?,19?,20?,22-,23?,24?,25?,26?,27?,28?,29?,30?,31-,32-,33-,34-,35-,36-,37-/m1/s1. The van der Waals surface area contributed by atoms with Crippen LogP contribution >= 0.6 is 0 Å². The van der Waals surface area contributed by atoms with E-state index >= 15 is 0 Å². The third kappa shape index (κ3) is 11.1. The summed E-state index contributed by atoms with van der Waals surface area (Å²) in [6.45, 7) is -4.66. The predicted molar refractivity (Wildman–Crippen MR) is 195 cm³/mol. The minimum absolute atomic E-state index is 0.0704. The van der Waals surface area contributed by atoms with Crippen molar-refractivity contribution in [2.24, 2.45) is 0 Å². The van der Waals surface area contributed by atoms with Crippen LogP contribution < -0.4 is 10.1 Å². The van der Waals surface area contributed by atoms with Gasteiger partial charge in [0.2, 0.25) is 12.2 Å². The minimum Gasteiger partial charge on any atom is -0.462 e. The molecule has 1 aromatic carbocycles. The van der Waals surface area contributed by atoms with Crippen molar-refractivity contribution < 1.29 is 113 Å². The summed E-state index contributed by atoms with van der Waals surface area (Å²) in [4.78, 5) is 12.2. The first-order valence-corrected chi connectivity index (χ1v) is 19.4. The van der Waals surface area contributed by atoms with Gasteiger partial charge in [-0.05, 0) is 24.6 Å². The van der Waals surface area contributed by atoms with Crippen LogP contribution in [0, 0.1) is 12.3 Å². The summed E-state index contributed by atoms with van der Waals surface area (Å²) in [5.41, 5.74) is 0.168. The zero-order valence-corrected chi connectivity index (χ0v) is 32.4. The Labute approximate surface area is 347 Å². The summed E-state index contributed by atoms with van der Waals surface area (Å²) < 4.78 is 58.7. The Kier molecular flexibility index (Phi) is 17.9. The smallest absolute Gasteiger partial charge is 0.229 e. The molecule has 20 atom stereocenters. The van der Waals surface area contributed by atoms with Crippen molar-refractivity contribution in [3.8, 4) is 18.1 Å². The van der Waals surface area contributed by atoms with Crippen molar-refractivity contribution in [1.29, 1.82) is 0 Å². The number of hydrogen-bond acceptors (Lipinski definition) is 22. The number of ether oxygens (including phenoxy) is 8. The van der Waals surface area contributed by atoms with Gasteiger partial charge in [-0.15, -0.1) is 12.3 Å². The molecule has 4 saturated heterocycles. The number of alkyl halides is 1. The quantitative estimate of drug-likeness (QED) is 0.0511. The molecule has 4 fully saturated rings. The Bertz CT molecular complexity index is 1590. The van der Waals surface area contributed by atoms with Gasteiger partial charge in [-0.1, -0.05) is 0 Å². The molecule has 4 aliphatic heterocycles. The van der Waals surface area contributed by atoms with Gasteiger partial charge in [0.15, 0.2) is 18.9 Å². The minimum atomic E-state index is -2.09. The lowest BCUT2D eigenvalue weighted by molar-refractivity contribution is -0.387. The average molecular weight is 884 g/mol. The highest BCUT2D eigenvalue weighted by Crippen LogP contribution is 2.35. The fourth-order valence-corrected chi connectivity index (χ4v) is 7.20. The number of carbonyl (C=O) groups excluding carboxylic acids is 1. The Balaban J connectivity index is 1.21. The highest BCUT2D eigenvalue weighted by Gasteiger charge is 2.55. The first-order valence-electron chi connectivity index (χ1n) is 19.4. The normalized spacial score (nSPS) is 41.8. The zero-order valence-electron chi connectivity index (χ0n) is 32.4. The third-order valence-corrected chi connectivity index (χ3v) is 10.6. The van der Waals surface area contributed by atoms with Gasteiger partial charge in [0.05, 0.1) is 26.4 Å². The van der Waals surface area contributed by atoms with Gasteiger partial charge >= 0.3 is 0 Å². The van der Waals surface area contributed by atoms with Gasteiger partial charge in [-0.25, -0.2) is 4.39 Å². The van der Waals surface area contributed by atoms with E-state index in [0.717, 1.165) is 0 Å². The van der Waals surface area contributed by atoms with Crippen LogP contribution in [0.1, 0.15) is 24.8 Å². The molecule has 0 radical (unpaired) electrons. The molecule has 0 aliphatic carbocycles. The van der Waals surface area contributed by atoms with Gasteiger partial charge in [-0.2, -0.15) is 0 Å². The summed E-state index contributed by atoms with van der Waals surface area (Å²) in [5, 5.41) is 139. The average Bonchev–Trinajstić information content (AvgIpc) is 3.25. The van der Waals surface area contributed by atoms with E-state index in [9.17, 15) is 75.6 Å². The molecule has 61 heavy (non-hydrogen) atoms. The molecule has 12 unspecified atom stereocenters. The van der Waals surface area contributed by atoms with Crippen LogP contribution in [0.2, 0.25) is 0 Å². The van der Waals surface area contributed by atoms with E-state index in [1.807, 2.05) is 0 Å². The Morgan fingerprint density at radius 3 is 1.49 bits per heavy atom. The van der Waals surface area contributed by atoms with E-state index in [-0.39, 0.29) is 29.3 Å². The number of terminal acetylenes is 1. The van der Waals surface area contributed by atoms with E-state index in [1.165, 1.54) is 18.2 Å². The van der Waals surface area contributed by atoms with Gasteiger partial charge < -0.3 is 110 Å². The summed E-state index contributed by atoms with van der Waals surface area (Å²) in [7, 11) is 0. The number of anilines is 1. The second kappa shape index (κ2) is 22.2. The monoisotopic (exact) mass is 883 g/mol. The summed E-state index contributed by atoms with van der Waals surface area (Å²) >= 11 is 0. The van der Waals surface area contributed by atoms with Crippen LogP contribution in [-0.2, 0) is 44.6 Å². The molecule has 1 amide bonds. The summed E-state index contributed by atoms with van der Waals surface area (Å²) in [6.07, 6.45) is -30.1. The van der Waals surface area contributed by atoms with Crippen LogP contribution in [-0.4, -0.2) is 222 Å². The highest BCUT2D eigenvalue weighted by atomic mass is 19.1. The molecule has 0 aromatic heterocycles. The molecule has 4 heterocycles. The number of carbonyl (C=O) groups is 1. The highest BCUT2D eigenvalue weighted by molar-refractivity contribution is 5.90. The van der Waals surface area contributed by atoms with Crippen LogP contribution in [0.25, 0.3) is 0 Å². The molecular weight excluding hydrogens is 829 g/mol. The molecule has 4 aliphatic rings. The van der Waals surface area contributed by atoms with Crippen molar-refractivity contribution in [2.75, 3.05) is 31.7 Å².